The highest BCUT2D eigenvalue weighted by molar-refractivity contribution is 6.00. The second-order valence-electron chi connectivity index (χ2n) is 4.71. The van der Waals surface area contributed by atoms with E-state index in [4.69, 9.17) is 5.26 Å². The highest BCUT2D eigenvalue weighted by Gasteiger charge is 2.50. The highest BCUT2D eigenvalue weighted by atomic mass is 16.2. The fourth-order valence-electron chi connectivity index (χ4n) is 1.98. The number of hydrogen-bond donors (Lipinski definition) is 1. The number of fused-ring (bicyclic) bond motifs is 1. The van der Waals surface area contributed by atoms with E-state index in [1.54, 1.807) is 6.33 Å². The lowest BCUT2D eigenvalue weighted by Crippen LogP contribution is -2.22. The van der Waals surface area contributed by atoms with Gasteiger partial charge < -0.3 is 9.88 Å². The molecule has 5 nitrogen and oxygen atoms in total. The van der Waals surface area contributed by atoms with Crippen molar-refractivity contribution in [2.45, 2.75) is 12.8 Å². The van der Waals surface area contributed by atoms with Crippen LogP contribution in [0.3, 0.4) is 0 Å². The predicted octanol–water partition coefficient (Wildman–Crippen LogP) is 1.82. The smallest absolute Gasteiger partial charge is 0.244 e. The molecule has 2 aromatic rings. The van der Waals surface area contributed by atoms with Crippen LogP contribution in [-0.2, 0) is 11.8 Å². The van der Waals surface area contributed by atoms with Gasteiger partial charge in [0, 0.05) is 12.7 Å². The molecule has 1 aliphatic carbocycles. The SMILES string of the molecule is Cn1cnc2cc(NC(=O)C3(C#N)CC3)ccc21. The van der Waals surface area contributed by atoms with E-state index in [0.29, 0.717) is 18.5 Å². The molecule has 1 amide bonds. The van der Waals surface area contributed by atoms with Gasteiger partial charge in [-0.25, -0.2) is 4.98 Å². The van der Waals surface area contributed by atoms with Gasteiger partial charge in [0.05, 0.1) is 23.4 Å². The molecule has 5 heteroatoms. The van der Waals surface area contributed by atoms with Gasteiger partial charge in [0.1, 0.15) is 5.41 Å². The molecule has 0 atom stereocenters. The molecule has 0 bridgehead atoms. The minimum absolute atomic E-state index is 0.208. The minimum Gasteiger partial charge on any atom is -0.334 e. The first kappa shape index (κ1) is 10.8. The van der Waals surface area contributed by atoms with Crippen molar-refractivity contribution >= 4 is 22.6 Å². The summed E-state index contributed by atoms with van der Waals surface area (Å²) in [5, 5.41) is 11.7. The maximum atomic E-state index is 11.9. The Balaban J connectivity index is 1.87. The molecular formula is C13H12N4O. The van der Waals surface area contributed by atoms with E-state index in [1.165, 1.54) is 0 Å². The molecule has 3 rings (SSSR count). The van der Waals surface area contributed by atoms with Crippen LogP contribution < -0.4 is 5.32 Å². The molecule has 0 aliphatic heterocycles. The number of aromatic nitrogens is 2. The minimum atomic E-state index is -0.793. The molecule has 1 aromatic heterocycles. The van der Waals surface area contributed by atoms with Crippen molar-refractivity contribution in [1.82, 2.24) is 9.55 Å². The van der Waals surface area contributed by atoms with Gasteiger partial charge in [-0.15, -0.1) is 0 Å². The van der Waals surface area contributed by atoms with Crippen molar-refractivity contribution in [1.29, 1.82) is 5.26 Å². The molecular weight excluding hydrogens is 228 g/mol. The first-order chi connectivity index (χ1) is 8.64. The summed E-state index contributed by atoms with van der Waals surface area (Å²) in [7, 11) is 1.92. The van der Waals surface area contributed by atoms with E-state index in [-0.39, 0.29) is 5.91 Å². The number of rotatable bonds is 2. The van der Waals surface area contributed by atoms with Crippen molar-refractivity contribution in [3.8, 4) is 6.07 Å². The lowest BCUT2D eigenvalue weighted by atomic mass is 10.1. The standard InChI is InChI=1S/C13H12N4O/c1-17-8-15-10-6-9(2-3-11(10)17)16-12(18)13(7-14)4-5-13/h2-3,6,8H,4-5H2,1H3,(H,16,18). The number of aryl methyl sites for hydroxylation is 1. The number of imidazole rings is 1. The lowest BCUT2D eigenvalue weighted by molar-refractivity contribution is -0.119. The van der Waals surface area contributed by atoms with E-state index >= 15 is 0 Å². The molecule has 0 saturated heterocycles. The number of nitrogens with zero attached hydrogens (tertiary/aromatic N) is 3. The Labute approximate surface area is 104 Å². The Bertz CT molecular complexity index is 676. The van der Waals surface area contributed by atoms with Crippen molar-refractivity contribution in [2.24, 2.45) is 12.5 Å². The van der Waals surface area contributed by atoms with Crippen LogP contribution in [0.4, 0.5) is 5.69 Å². The summed E-state index contributed by atoms with van der Waals surface area (Å²) < 4.78 is 1.92. The van der Waals surface area contributed by atoms with Crippen LogP contribution in [0, 0.1) is 16.7 Å². The van der Waals surface area contributed by atoms with E-state index in [1.807, 2.05) is 29.8 Å². The van der Waals surface area contributed by atoms with E-state index in [9.17, 15) is 4.79 Å². The van der Waals surface area contributed by atoms with Crippen molar-refractivity contribution in [3.05, 3.63) is 24.5 Å². The van der Waals surface area contributed by atoms with Gasteiger partial charge in [0.25, 0.3) is 0 Å². The molecule has 1 N–H and O–H groups in total. The molecule has 1 fully saturated rings. The summed E-state index contributed by atoms with van der Waals surface area (Å²) >= 11 is 0. The molecule has 1 heterocycles. The van der Waals surface area contributed by atoms with E-state index in [2.05, 4.69) is 16.4 Å². The molecule has 0 radical (unpaired) electrons. The number of amides is 1. The zero-order valence-electron chi connectivity index (χ0n) is 9.97. The predicted molar refractivity (Wildman–Crippen MR) is 66.6 cm³/mol. The second-order valence-corrected chi connectivity index (χ2v) is 4.71. The number of nitrogens with one attached hydrogen (secondary N) is 1. The summed E-state index contributed by atoms with van der Waals surface area (Å²) in [6, 6.07) is 7.64. The molecule has 0 spiro atoms. The average molecular weight is 240 g/mol. The van der Waals surface area contributed by atoms with Gasteiger partial charge in [-0.05, 0) is 31.0 Å². The van der Waals surface area contributed by atoms with Gasteiger partial charge >= 0.3 is 0 Å². The van der Waals surface area contributed by atoms with Crippen LogP contribution in [0.2, 0.25) is 0 Å². The van der Waals surface area contributed by atoms with Gasteiger partial charge in [-0.2, -0.15) is 5.26 Å². The van der Waals surface area contributed by atoms with Crippen LogP contribution in [-0.4, -0.2) is 15.5 Å². The highest BCUT2D eigenvalue weighted by Crippen LogP contribution is 2.45. The second kappa shape index (κ2) is 3.57. The Morgan fingerprint density at radius 1 is 1.56 bits per heavy atom. The largest absolute Gasteiger partial charge is 0.334 e. The summed E-state index contributed by atoms with van der Waals surface area (Å²) in [5.74, 6) is -0.208. The van der Waals surface area contributed by atoms with Crippen molar-refractivity contribution in [3.63, 3.8) is 0 Å². The summed E-state index contributed by atoms with van der Waals surface area (Å²) in [6.45, 7) is 0. The third-order valence-corrected chi connectivity index (χ3v) is 3.38. The Morgan fingerprint density at radius 3 is 3.00 bits per heavy atom. The fourth-order valence-corrected chi connectivity index (χ4v) is 1.98. The van der Waals surface area contributed by atoms with Crippen LogP contribution >= 0.6 is 0 Å². The normalized spacial score (nSPS) is 16.2. The molecule has 90 valence electrons. The van der Waals surface area contributed by atoms with Gasteiger partial charge in [0.2, 0.25) is 5.91 Å². The zero-order valence-corrected chi connectivity index (χ0v) is 9.97. The van der Waals surface area contributed by atoms with E-state index in [0.717, 1.165) is 11.0 Å². The van der Waals surface area contributed by atoms with Crippen LogP contribution in [0.1, 0.15) is 12.8 Å². The summed E-state index contributed by atoms with van der Waals surface area (Å²) in [4.78, 5) is 16.1. The third kappa shape index (κ3) is 1.54. The molecule has 18 heavy (non-hydrogen) atoms. The Kier molecular flexibility index (Phi) is 2.14. The number of anilines is 1. The monoisotopic (exact) mass is 240 g/mol. The number of nitriles is 1. The number of benzene rings is 1. The number of carbonyl (C=O) groups excluding carboxylic acids is 1. The van der Waals surface area contributed by atoms with E-state index < -0.39 is 5.41 Å². The molecule has 1 saturated carbocycles. The van der Waals surface area contributed by atoms with Gasteiger partial charge in [0.15, 0.2) is 0 Å². The average Bonchev–Trinajstić information content (AvgIpc) is 3.10. The third-order valence-electron chi connectivity index (χ3n) is 3.38. The Morgan fingerprint density at radius 2 is 2.33 bits per heavy atom. The van der Waals surface area contributed by atoms with Crippen LogP contribution in [0.15, 0.2) is 24.5 Å². The maximum Gasteiger partial charge on any atom is 0.244 e. The Hall–Kier alpha value is -2.35. The van der Waals surface area contributed by atoms with Crippen LogP contribution in [0.5, 0.6) is 0 Å². The maximum absolute atomic E-state index is 11.9. The topological polar surface area (TPSA) is 70.7 Å². The fraction of sp³-hybridized carbons (Fsp3) is 0.308. The first-order valence-electron chi connectivity index (χ1n) is 5.78. The zero-order chi connectivity index (χ0) is 12.8. The quantitative estimate of drug-likeness (QED) is 0.870. The molecule has 1 aliphatic rings. The van der Waals surface area contributed by atoms with Gasteiger partial charge in [-0.3, -0.25) is 4.79 Å². The van der Waals surface area contributed by atoms with Crippen molar-refractivity contribution in [2.75, 3.05) is 5.32 Å². The number of carbonyl (C=O) groups is 1. The molecule has 0 unspecified atom stereocenters. The summed E-state index contributed by atoms with van der Waals surface area (Å²) in [6.07, 6.45) is 3.04. The summed E-state index contributed by atoms with van der Waals surface area (Å²) in [5.41, 5.74) is 1.73. The lowest BCUT2D eigenvalue weighted by Gasteiger charge is -2.08. The van der Waals surface area contributed by atoms with Gasteiger partial charge in [-0.1, -0.05) is 0 Å². The van der Waals surface area contributed by atoms with Crippen molar-refractivity contribution < 1.29 is 4.79 Å². The first-order valence-corrected chi connectivity index (χ1v) is 5.78. The number of hydrogen-bond acceptors (Lipinski definition) is 3. The van der Waals surface area contributed by atoms with Crippen LogP contribution in [0.25, 0.3) is 11.0 Å². The molecule has 1 aromatic carbocycles.